The van der Waals surface area contributed by atoms with Crippen LogP contribution in [0.15, 0.2) is 54.9 Å². The first kappa shape index (κ1) is 15.1. The lowest BCUT2D eigenvalue weighted by Crippen LogP contribution is -2.59. The Morgan fingerprint density at radius 2 is 2.00 bits per heavy atom. The van der Waals surface area contributed by atoms with Gasteiger partial charge in [-0.05, 0) is 18.6 Å². The molecule has 1 N–H and O–H groups in total. The van der Waals surface area contributed by atoms with Crippen LogP contribution in [0.3, 0.4) is 0 Å². The van der Waals surface area contributed by atoms with Gasteiger partial charge in [-0.25, -0.2) is 0 Å². The van der Waals surface area contributed by atoms with Crippen molar-refractivity contribution in [2.75, 3.05) is 0 Å². The Balaban J connectivity index is 1.94. The maximum Gasteiger partial charge on any atom is 0.258 e. The highest BCUT2D eigenvalue weighted by Crippen LogP contribution is 2.65. The second-order valence-electron chi connectivity index (χ2n) is 6.26. The molecule has 2 aliphatic heterocycles. The molecule has 6 nitrogen and oxygen atoms in total. The molecule has 2 aromatic rings. The zero-order valence-electron chi connectivity index (χ0n) is 12.9. The van der Waals surface area contributed by atoms with E-state index in [0.717, 1.165) is 5.56 Å². The highest BCUT2D eigenvalue weighted by Gasteiger charge is 2.75. The van der Waals surface area contributed by atoms with Crippen LogP contribution in [0, 0.1) is 10.1 Å². The van der Waals surface area contributed by atoms with Gasteiger partial charge in [0.15, 0.2) is 4.87 Å². The normalized spacial score (nSPS) is 34.1. The van der Waals surface area contributed by atoms with Gasteiger partial charge in [-0.2, -0.15) is 0 Å². The maximum absolute atomic E-state index is 12.7. The fourth-order valence-electron chi connectivity index (χ4n) is 3.89. The largest absolute Gasteiger partial charge is 0.331 e. The van der Waals surface area contributed by atoms with E-state index in [2.05, 4.69) is 10.3 Å². The molecule has 1 aromatic heterocycles. The Labute approximate surface area is 142 Å². The average Bonchev–Trinajstić information content (AvgIpc) is 3.02. The lowest BCUT2D eigenvalue weighted by molar-refractivity contribution is -0.535. The van der Waals surface area contributed by atoms with Crippen molar-refractivity contribution < 1.29 is 9.72 Å². The average molecular weight is 341 g/mol. The molecular formula is C17H15N3O3S. The minimum atomic E-state index is -1.09. The first-order valence-corrected chi connectivity index (χ1v) is 8.42. The number of piperidine rings is 1. The SMILES string of the molecule is CC12SC(c3cccnc3)(NC1=O)C([N+](=O)[O-])C2c1ccccc1. The zero-order chi connectivity index (χ0) is 16.9. The van der Waals surface area contributed by atoms with E-state index in [1.165, 1.54) is 11.8 Å². The monoisotopic (exact) mass is 341 g/mol. The van der Waals surface area contributed by atoms with E-state index >= 15 is 0 Å². The Bertz CT molecular complexity index is 816. The van der Waals surface area contributed by atoms with Crippen LogP contribution < -0.4 is 5.32 Å². The van der Waals surface area contributed by atoms with Crippen molar-refractivity contribution in [2.45, 2.75) is 28.5 Å². The van der Waals surface area contributed by atoms with Gasteiger partial charge in [0.25, 0.3) is 6.04 Å². The second-order valence-corrected chi connectivity index (χ2v) is 7.96. The van der Waals surface area contributed by atoms with Gasteiger partial charge in [0.1, 0.15) is 4.75 Å². The summed E-state index contributed by atoms with van der Waals surface area (Å²) in [4.78, 5) is 27.5. The maximum atomic E-state index is 12.7. The molecule has 7 heteroatoms. The summed E-state index contributed by atoms with van der Waals surface area (Å²) in [6.07, 6.45) is 3.22. The summed E-state index contributed by atoms with van der Waals surface area (Å²) in [6.45, 7) is 1.80. The number of nitrogens with zero attached hydrogens (tertiary/aromatic N) is 2. The highest BCUT2D eigenvalue weighted by molar-refractivity contribution is 8.03. The van der Waals surface area contributed by atoms with Crippen molar-refractivity contribution in [3.05, 3.63) is 76.1 Å². The molecule has 2 bridgehead atoms. The highest BCUT2D eigenvalue weighted by atomic mass is 32.2. The fourth-order valence-corrected chi connectivity index (χ4v) is 5.82. The number of rotatable bonds is 3. The van der Waals surface area contributed by atoms with Crippen molar-refractivity contribution in [1.29, 1.82) is 0 Å². The number of aromatic nitrogens is 1. The molecule has 4 unspecified atom stereocenters. The molecular weight excluding hydrogens is 326 g/mol. The van der Waals surface area contributed by atoms with E-state index in [0.29, 0.717) is 5.56 Å². The molecule has 2 aliphatic rings. The summed E-state index contributed by atoms with van der Waals surface area (Å²) in [5.41, 5.74) is 1.47. The molecule has 4 rings (SSSR count). The number of carbonyl (C=O) groups is 1. The predicted octanol–water partition coefficient (Wildman–Crippen LogP) is 2.30. The topological polar surface area (TPSA) is 85.1 Å². The Morgan fingerprint density at radius 3 is 2.62 bits per heavy atom. The summed E-state index contributed by atoms with van der Waals surface area (Å²) >= 11 is 1.34. The van der Waals surface area contributed by atoms with E-state index in [9.17, 15) is 14.9 Å². The molecule has 1 aromatic carbocycles. The van der Waals surface area contributed by atoms with Crippen LogP contribution in [0.4, 0.5) is 0 Å². The minimum absolute atomic E-state index is 0.164. The number of hydrogen-bond acceptors (Lipinski definition) is 5. The van der Waals surface area contributed by atoms with Crippen molar-refractivity contribution in [2.24, 2.45) is 0 Å². The number of fused-ring (bicyclic) bond motifs is 2. The molecule has 0 spiro atoms. The molecule has 3 heterocycles. The molecule has 0 aliphatic carbocycles. The summed E-state index contributed by atoms with van der Waals surface area (Å²) < 4.78 is -0.894. The lowest BCUT2D eigenvalue weighted by Gasteiger charge is -2.34. The number of nitrogens with one attached hydrogen (secondary N) is 1. The van der Waals surface area contributed by atoms with E-state index in [1.54, 1.807) is 31.5 Å². The van der Waals surface area contributed by atoms with E-state index < -0.39 is 21.6 Å². The number of thioether (sulfide) groups is 1. The molecule has 2 saturated heterocycles. The van der Waals surface area contributed by atoms with Crippen LogP contribution >= 0.6 is 11.8 Å². The Hall–Kier alpha value is -2.41. The molecule has 24 heavy (non-hydrogen) atoms. The van der Waals surface area contributed by atoms with E-state index in [-0.39, 0.29) is 10.8 Å². The summed E-state index contributed by atoms with van der Waals surface area (Å²) in [6, 6.07) is 11.8. The van der Waals surface area contributed by atoms with Gasteiger partial charge in [-0.15, -0.1) is 11.8 Å². The van der Waals surface area contributed by atoms with Crippen molar-refractivity contribution >= 4 is 17.7 Å². The van der Waals surface area contributed by atoms with Crippen LogP contribution in [-0.4, -0.2) is 26.6 Å². The number of benzene rings is 1. The summed E-state index contributed by atoms with van der Waals surface area (Å²) in [5, 5.41) is 14.9. The third-order valence-corrected chi connectivity index (χ3v) is 6.69. The van der Waals surface area contributed by atoms with Crippen molar-refractivity contribution in [1.82, 2.24) is 10.3 Å². The van der Waals surface area contributed by atoms with Crippen LogP contribution in [0.25, 0.3) is 0 Å². The predicted molar refractivity (Wildman–Crippen MR) is 90.0 cm³/mol. The molecule has 1 amide bonds. The van der Waals surface area contributed by atoms with E-state index in [1.807, 2.05) is 30.3 Å². The lowest BCUT2D eigenvalue weighted by atomic mass is 9.74. The van der Waals surface area contributed by atoms with Gasteiger partial charge in [0.2, 0.25) is 5.91 Å². The minimum Gasteiger partial charge on any atom is -0.331 e. The first-order valence-electron chi connectivity index (χ1n) is 7.61. The Kier molecular flexibility index (Phi) is 3.18. The van der Waals surface area contributed by atoms with E-state index in [4.69, 9.17) is 0 Å². The van der Waals surface area contributed by atoms with Crippen LogP contribution in [0.5, 0.6) is 0 Å². The zero-order valence-corrected chi connectivity index (χ0v) is 13.7. The number of nitro groups is 1. The first-order chi connectivity index (χ1) is 11.5. The second kappa shape index (κ2) is 5.04. The number of pyridine rings is 1. The van der Waals surface area contributed by atoms with Gasteiger partial charge in [0, 0.05) is 22.9 Å². The van der Waals surface area contributed by atoms with Crippen molar-refractivity contribution in [3.63, 3.8) is 0 Å². The number of hydrogen-bond donors (Lipinski definition) is 1. The van der Waals surface area contributed by atoms with Gasteiger partial charge < -0.3 is 5.32 Å². The Morgan fingerprint density at radius 1 is 1.25 bits per heavy atom. The van der Waals surface area contributed by atoms with Crippen LogP contribution in [0.1, 0.15) is 24.0 Å². The van der Waals surface area contributed by atoms with Gasteiger partial charge >= 0.3 is 0 Å². The quantitative estimate of drug-likeness (QED) is 0.684. The van der Waals surface area contributed by atoms with Crippen LogP contribution in [-0.2, 0) is 9.67 Å². The van der Waals surface area contributed by atoms with Crippen LogP contribution in [0.2, 0.25) is 0 Å². The van der Waals surface area contributed by atoms with Gasteiger partial charge in [0.05, 0.1) is 5.92 Å². The molecule has 2 fully saturated rings. The smallest absolute Gasteiger partial charge is 0.258 e. The standard InChI is InChI=1S/C17H15N3O3S/c1-16-13(11-6-3-2-4-7-11)14(20(22)23)17(24-16,19-15(16)21)12-8-5-9-18-10-12/h2-10,13-14H,1H3,(H,19,21). The number of amides is 1. The fraction of sp³-hybridized carbons (Fsp3) is 0.294. The summed E-state index contributed by atoms with van der Waals surface area (Å²) in [7, 11) is 0. The van der Waals surface area contributed by atoms with Gasteiger partial charge in [-0.1, -0.05) is 36.4 Å². The number of carbonyl (C=O) groups excluding carboxylic acids is 1. The molecule has 0 saturated carbocycles. The third kappa shape index (κ3) is 1.84. The van der Waals surface area contributed by atoms with Crippen molar-refractivity contribution in [3.8, 4) is 0 Å². The molecule has 0 radical (unpaired) electrons. The molecule has 122 valence electrons. The van der Waals surface area contributed by atoms with Gasteiger partial charge in [-0.3, -0.25) is 19.9 Å². The third-order valence-electron chi connectivity index (χ3n) is 4.93. The summed E-state index contributed by atoms with van der Waals surface area (Å²) in [5.74, 6) is -0.670. The molecule has 4 atom stereocenters.